The summed E-state index contributed by atoms with van der Waals surface area (Å²) in [6.07, 6.45) is 0. The van der Waals surface area contributed by atoms with E-state index in [4.69, 9.17) is 10.5 Å². The van der Waals surface area contributed by atoms with Gasteiger partial charge in [0.15, 0.2) is 9.84 Å². The maximum Gasteiger partial charge on any atom is 0.251 e. The van der Waals surface area contributed by atoms with Crippen molar-refractivity contribution in [2.45, 2.75) is 31.2 Å². The minimum absolute atomic E-state index is 0.0896. The Kier molecular flexibility index (Phi) is 6.73. The van der Waals surface area contributed by atoms with E-state index in [-0.39, 0.29) is 29.1 Å². The second-order valence-electron chi connectivity index (χ2n) is 6.07. The van der Waals surface area contributed by atoms with Gasteiger partial charge in [0, 0.05) is 19.2 Å². The second-order valence-corrected chi connectivity index (χ2v) is 8.18. The van der Waals surface area contributed by atoms with Gasteiger partial charge in [-0.1, -0.05) is 13.8 Å². The normalized spacial score (nSPS) is 14.5. The van der Waals surface area contributed by atoms with Gasteiger partial charge in [0.05, 0.1) is 22.8 Å². The Bertz CT molecular complexity index is 626. The molecular weight excluding hydrogens is 316 g/mol. The number of nitrogens with one attached hydrogen (secondary N) is 1. The zero-order chi connectivity index (χ0) is 17.7. The molecule has 130 valence electrons. The van der Waals surface area contributed by atoms with E-state index < -0.39 is 15.4 Å². The topological polar surface area (TPSA) is 98.5 Å². The van der Waals surface area contributed by atoms with Crippen molar-refractivity contribution in [2.75, 3.05) is 26.0 Å². The van der Waals surface area contributed by atoms with Crippen LogP contribution in [0.1, 0.15) is 31.1 Å². The molecule has 1 unspecified atom stereocenters. The quantitative estimate of drug-likeness (QED) is 0.740. The number of carbonyl (C=O) groups excluding carboxylic acids is 1. The first-order valence-corrected chi connectivity index (χ1v) is 9.16. The van der Waals surface area contributed by atoms with Crippen molar-refractivity contribution in [1.29, 1.82) is 0 Å². The largest absolute Gasteiger partial charge is 0.384 e. The van der Waals surface area contributed by atoms with Gasteiger partial charge in [0.2, 0.25) is 0 Å². The molecule has 1 atom stereocenters. The maximum atomic E-state index is 12.3. The van der Waals surface area contributed by atoms with E-state index >= 15 is 0 Å². The number of sulfone groups is 1. The van der Waals surface area contributed by atoms with E-state index in [2.05, 4.69) is 5.32 Å². The van der Waals surface area contributed by atoms with Crippen LogP contribution in [0.2, 0.25) is 0 Å². The first-order chi connectivity index (χ1) is 10.7. The summed E-state index contributed by atoms with van der Waals surface area (Å²) in [5.74, 6) is -0.189. The van der Waals surface area contributed by atoms with Crippen LogP contribution in [0, 0.1) is 5.92 Å². The fourth-order valence-electron chi connectivity index (χ4n) is 1.89. The van der Waals surface area contributed by atoms with Crippen LogP contribution in [0.5, 0.6) is 0 Å². The molecule has 0 aliphatic rings. The summed E-state index contributed by atoms with van der Waals surface area (Å²) in [6.45, 7) is 6.31. The summed E-state index contributed by atoms with van der Waals surface area (Å²) in [5, 5.41) is 2.92. The van der Waals surface area contributed by atoms with Gasteiger partial charge in [-0.25, -0.2) is 8.42 Å². The van der Waals surface area contributed by atoms with Crippen molar-refractivity contribution in [1.82, 2.24) is 5.32 Å². The minimum Gasteiger partial charge on any atom is -0.384 e. The third-order valence-corrected chi connectivity index (χ3v) is 5.82. The smallest absolute Gasteiger partial charge is 0.251 e. The molecule has 0 aliphatic heterocycles. The molecule has 0 bridgehead atoms. The van der Waals surface area contributed by atoms with Crippen LogP contribution in [0.15, 0.2) is 29.2 Å². The van der Waals surface area contributed by atoms with Gasteiger partial charge in [0.1, 0.15) is 0 Å². The van der Waals surface area contributed by atoms with Crippen LogP contribution in [-0.2, 0) is 14.6 Å². The fourth-order valence-corrected chi connectivity index (χ4v) is 3.06. The molecule has 0 radical (unpaired) electrons. The number of benzene rings is 1. The van der Waals surface area contributed by atoms with Crippen LogP contribution in [-0.4, -0.2) is 45.9 Å². The van der Waals surface area contributed by atoms with Crippen LogP contribution < -0.4 is 11.1 Å². The van der Waals surface area contributed by atoms with E-state index in [0.717, 1.165) is 0 Å². The van der Waals surface area contributed by atoms with E-state index in [1.165, 1.54) is 31.4 Å². The number of amides is 1. The Labute approximate surface area is 138 Å². The average molecular weight is 342 g/mol. The third kappa shape index (κ3) is 5.02. The molecule has 0 saturated heterocycles. The van der Waals surface area contributed by atoms with Gasteiger partial charge in [-0.05, 0) is 37.1 Å². The van der Waals surface area contributed by atoms with E-state index in [0.29, 0.717) is 12.1 Å². The summed E-state index contributed by atoms with van der Waals surface area (Å²) in [6, 6.07) is 5.89. The van der Waals surface area contributed by atoms with Crippen molar-refractivity contribution >= 4 is 15.7 Å². The van der Waals surface area contributed by atoms with E-state index in [1.54, 1.807) is 0 Å². The monoisotopic (exact) mass is 342 g/mol. The van der Waals surface area contributed by atoms with Crippen LogP contribution in [0.3, 0.4) is 0 Å². The van der Waals surface area contributed by atoms with Crippen molar-refractivity contribution in [3.63, 3.8) is 0 Å². The van der Waals surface area contributed by atoms with Gasteiger partial charge in [0.25, 0.3) is 5.91 Å². The highest BCUT2D eigenvalue weighted by Crippen LogP contribution is 2.17. The molecule has 0 aliphatic carbocycles. The fraction of sp³-hybridized carbons (Fsp3) is 0.562. The molecule has 1 aromatic carbocycles. The molecule has 1 aromatic rings. The molecule has 0 spiro atoms. The molecule has 3 N–H and O–H groups in total. The number of ether oxygens (including phenoxy) is 1. The molecule has 0 heterocycles. The Morgan fingerprint density at radius 1 is 1.30 bits per heavy atom. The number of carbonyl (C=O) groups is 1. The summed E-state index contributed by atoms with van der Waals surface area (Å²) in [5.41, 5.74) is 5.64. The van der Waals surface area contributed by atoms with Crippen molar-refractivity contribution in [3.8, 4) is 0 Å². The Morgan fingerprint density at radius 3 is 2.30 bits per heavy atom. The number of rotatable bonds is 8. The standard InChI is InChI=1S/C16H26N2O4S/c1-12(2)16(3,11-17)18-15(19)13-5-7-14(8-6-13)23(20,21)10-9-22-4/h5-8,12H,9-11,17H2,1-4H3,(H,18,19). The van der Waals surface area contributed by atoms with Gasteiger partial charge < -0.3 is 15.8 Å². The molecule has 6 nitrogen and oxygen atoms in total. The van der Waals surface area contributed by atoms with Gasteiger partial charge in [-0.3, -0.25) is 4.79 Å². The Hall–Kier alpha value is -1.44. The van der Waals surface area contributed by atoms with Crippen LogP contribution in [0.25, 0.3) is 0 Å². The lowest BCUT2D eigenvalue weighted by atomic mass is 9.88. The highest BCUT2D eigenvalue weighted by molar-refractivity contribution is 7.91. The SMILES string of the molecule is COCCS(=O)(=O)c1ccc(C(=O)NC(C)(CN)C(C)C)cc1. The highest BCUT2D eigenvalue weighted by Gasteiger charge is 2.29. The van der Waals surface area contributed by atoms with Gasteiger partial charge in [-0.15, -0.1) is 0 Å². The number of hydrogen-bond donors (Lipinski definition) is 2. The predicted molar refractivity (Wildman–Crippen MR) is 90.1 cm³/mol. The van der Waals surface area contributed by atoms with Crippen LogP contribution >= 0.6 is 0 Å². The molecular formula is C16H26N2O4S. The summed E-state index contributed by atoms with van der Waals surface area (Å²) in [4.78, 5) is 12.5. The van der Waals surface area contributed by atoms with E-state index in [9.17, 15) is 13.2 Å². The number of nitrogens with two attached hydrogens (primary N) is 1. The lowest BCUT2D eigenvalue weighted by molar-refractivity contribution is 0.0883. The third-order valence-electron chi connectivity index (χ3n) is 4.13. The van der Waals surface area contributed by atoms with Gasteiger partial charge in [-0.2, -0.15) is 0 Å². The summed E-state index contributed by atoms with van der Waals surface area (Å²) >= 11 is 0. The predicted octanol–water partition coefficient (Wildman–Crippen LogP) is 1.21. The molecule has 0 fully saturated rings. The zero-order valence-corrected chi connectivity index (χ0v) is 14.9. The minimum atomic E-state index is -3.39. The Balaban J connectivity index is 2.90. The number of hydrogen-bond acceptors (Lipinski definition) is 5. The molecule has 1 rings (SSSR count). The molecule has 1 amide bonds. The maximum absolute atomic E-state index is 12.3. The lowest BCUT2D eigenvalue weighted by Crippen LogP contribution is -2.55. The Morgan fingerprint density at radius 2 is 1.87 bits per heavy atom. The summed E-state index contributed by atoms with van der Waals surface area (Å²) < 4.78 is 28.9. The second kappa shape index (κ2) is 7.90. The van der Waals surface area contributed by atoms with Gasteiger partial charge >= 0.3 is 0 Å². The molecule has 7 heteroatoms. The molecule has 0 aromatic heterocycles. The number of methoxy groups -OCH3 is 1. The van der Waals surface area contributed by atoms with Crippen molar-refractivity contribution in [2.24, 2.45) is 11.7 Å². The van der Waals surface area contributed by atoms with Crippen molar-refractivity contribution in [3.05, 3.63) is 29.8 Å². The van der Waals surface area contributed by atoms with E-state index in [1.807, 2.05) is 20.8 Å². The summed E-state index contributed by atoms with van der Waals surface area (Å²) in [7, 11) is -1.94. The lowest BCUT2D eigenvalue weighted by Gasteiger charge is -2.33. The molecule has 23 heavy (non-hydrogen) atoms. The highest BCUT2D eigenvalue weighted by atomic mass is 32.2. The molecule has 0 saturated carbocycles. The zero-order valence-electron chi connectivity index (χ0n) is 14.1. The first kappa shape index (κ1) is 19.6. The van der Waals surface area contributed by atoms with Crippen LogP contribution in [0.4, 0.5) is 0 Å². The van der Waals surface area contributed by atoms with Crippen molar-refractivity contribution < 1.29 is 17.9 Å². The average Bonchev–Trinajstić information content (AvgIpc) is 2.52. The first-order valence-electron chi connectivity index (χ1n) is 7.50.